The molecular formula is C18H17FN2O5. The van der Waals surface area contributed by atoms with Crippen molar-refractivity contribution in [3.05, 3.63) is 59.9 Å². The number of carbonyl (C=O) groups is 3. The molecule has 7 nitrogen and oxygen atoms in total. The average molecular weight is 360 g/mol. The predicted octanol–water partition coefficient (Wildman–Crippen LogP) is 2.73. The van der Waals surface area contributed by atoms with Crippen molar-refractivity contribution in [3.63, 3.8) is 0 Å². The van der Waals surface area contributed by atoms with Crippen LogP contribution in [0.5, 0.6) is 5.75 Å². The maximum Gasteiger partial charge on any atom is 0.338 e. The van der Waals surface area contributed by atoms with E-state index < -0.39 is 30.3 Å². The second-order valence-corrected chi connectivity index (χ2v) is 5.02. The molecule has 136 valence electrons. The van der Waals surface area contributed by atoms with Gasteiger partial charge in [0.2, 0.25) is 0 Å². The van der Waals surface area contributed by atoms with Crippen molar-refractivity contribution in [1.82, 2.24) is 5.32 Å². The molecule has 26 heavy (non-hydrogen) atoms. The van der Waals surface area contributed by atoms with Gasteiger partial charge in [-0.05, 0) is 43.3 Å². The summed E-state index contributed by atoms with van der Waals surface area (Å²) in [6.07, 6.45) is 0. The Balaban J connectivity index is 1.79. The summed E-state index contributed by atoms with van der Waals surface area (Å²) < 4.78 is 23.5. The number of hydrogen-bond acceptors (Lipinski definition) is 5. The van der Waals surface area contributed by atoms with Crippen LogP contribution in [0.4, 0.5) is 14.9 Å². The van der Waals surface area contributed by atoms with Crippen molar-refractivity contribution in [1.29, 1.82) is 0 Å². The van der Waals surface area contributed by atoms with Gasteiger partial charge in [0.05, 0.1) is 17.9 Å². The number of nitrogens with one attached hydrogen (secondary N) is 2. The van der Waals surface area contributed by atoms with Crippen LogP contribution in [0.3, 0.4) is 0 Å². The van der Waals surface area contributed by atoms with E-state index in [1.165, 1.54) is 30.3 Å². The fourth-order valence-electron chi connectivity index (χ4n) is 1.95. The molecule has 0 heterocycles. The molecule has 0 saturated heterocycles. The van der Waals surface area contributed by atoms with E-state index in [0.29, 0.717) is 12.4 Å². The van der Waals surface area contributed by atoms with Gasteiger partial charge in [-0.1, -0.05) is 12.1 Å². The lowest BCUT2D eigenvalue weighted by Gasteiger charge is -2.08. The van der Waals surface area contributed by atoms with Gasteiger partial charge in [0.25, 0.3) is 5.91 Å². The number of esters is 1. The van der Waals surface area contributed by atoms with Crippen LogP contribution in [0.25, 0.3) is 0 Å². The topological polar surface area (TPSA) is 93.7 Å². The SMILES string of the molecule is CCOc1ccc(C(=O)OCC(=O)NC(=O)Nc2ccccc2F)cc1. The number of rotatable bonds is 6. The second-order valence-electron chi connectivity index (χ2n) is 5.02. The zero-order chi connectivity index (χ0) is 18.9. The highest BCUT2D eigenvalue weighted by Gasteiger charge is 2.13. The van der Waals surface area contributed by atoms with E-state index in [1.807, 2.05) is 12.2 Å². The van der Waals surface area contributed by atoms with Gasteiger partial charge >= 0.3 is 12.0 Å². The Kier molecular flexibility index (Phi) is 6.67. The molecule has 0 unspecified atom stereocenters. The van der Waals surface area contributed by atoms with E-state index >= 15 is 0 Å². The molecule has 0 saturated carbocycles. The number of anilines is 1. The lowest BCUT2D eigenvalue weighted by molar-refractivity contribution is -0.123. The maximum atomic E-state index is 13.4. The van der Waals surface area contributed by atoms with Crippen LogP contribution in [0, 0.1) is 5.82 Å². The number of ether oxygens (including phenoxy) is 2. The first-order valence-corrected chi connectivity index (χ1v) is 7.75. The van der Waals surface area contributed by atoms with Crippen LogP contribution in [-0.4, -0.2) is 31.1 Å². The second kappa shape index (κ2) is 9.16. The van der Waals surface area contributed by atoms with E-state index in [1.54, 1.807) is 12.1 Å². The molecule has 0 aliphatic carbocycles. The monoisotopic (exact) mass is 360 g/mol. The normalized spacial score (nSPS) is 9.92. The molecule has 3 amide bonds. The van der Waals surface area contributed by atoms with Gasteiger partial charge in [0, 0.05) is 0 Å². The van der Waals surface area contributed by atoms with Gasteiger partial charge in [-0.2, -0.15) is 0 Å². The molecule has 0 aromatic heterocycles. The summed E-state index contributed by atoms with van der Waals surface area (Å²) >= 11 is 0. The van der Waals surface area contributed by atoms with E-state index in [2.05, 4.69) is 5.32 Å². The summed E-state index contributed by atoms with van der Waals surface area (Å²) in [5, 5.41) is 4.11. The molecule has 2 aromatic carbocycles. The average Bonchev–Trinajstić information content (AvgIpc) is 2.62. The third-order valence-corrected chi connectivity index (χ3v) is 3.11. The molecule has 2 N–H and O–H groups in total. The summed E-state index contributed by atoms with van der Waals surface area (Å²) in [5.74, 6) is -1.61. The van der Waals surface area contributed by atoms with Crippen LogP contribution in [0.15, 0.2) is 48.5 Å². The molecule has 0 bridgehead atoms. The van der Waals surface area contributed by atoms with Gasteiger partial charge in [-0.15, -0.1) is 0 Å². The molecular weight excluding hydrogens is 343 g/mol. The Hall–Kier alpha value is -3.42. The van der Waals surface area contributed by atoms with Gasteiger partial charge in [-0.25, -0.2) is 14.0 Å². The van der Waals surface area contributed by atoms with Crippen molar-refractivity contribution < 1.29 is 28.2 Å². The molecule has 0 radical (unpaired) electrons. The lowest BCUT2D eigenvalue weighted by Crippen LogP contribution is -2.37. The first-order chi connectivity index (χ1) is 12.5. The number of urea groups is 1. The zero-order valence-electron chi connectivity index (χ0n) is 14.0. The standard InChI is InChI=1S/C18H17FN2O5/c1-2-25-13-9-7-12(8-10-13)17(23)26-11-16(22)21-18(24)20-15-6-4-3-5-14(15)19/h3-10H,2,11H2,1H3,(H2,20,21,22,24). The van der Waals surface area contributed by atoms with Gasteiger partial charge in [-0.3, -0.25) is 10.1 Å². The summed E-state index contributed by atoms with van der Waals surface area (Å²) in [7, 11) is 0. The number of benzene rings is 2. The minimum atomic E-state index is -0.933. The van der Waals surface area contributed by atoms with Gasteiger partial charge in [0.15, 0.2) is 6.61 Å². The summed E-state index contributed by atoms with van der Waals surface area (Å²) in [4.78, 5) is 35.1. The number of imide groups is 1. The third-order valence-electron chi connectivity index (χ3n) is 3.11. The molecule has 2 rings (SSSR count). The van der Waals surface area contributed by atoms with Crippen molar-refractivity contribution >= 4 is 23.6 Å². The minimum Gasteiger partial charge on any atom is -0.494 e. The highest BCUT2D eigenvalue weighted by atomic mass is 19.1. The van der Waals surface area contributed by atoms with E-state index in [9.17, 15) is 18.8 Å². The summed E-state index contributed by atoms with van der Waals surface area (Å²) in [5.41, 5.74) is 0.154. The molecule has 0 spiro atoms. The van der Waals surface area contributed by atoms with Gasteiger partial charge < -0.3 is 14.8 Å². The van der Waals surface area contributed by atoms with Crippen molar-refractivity contribution in [2.75, 3.05) is 18.5 Å². The largest absolute Gasteiger partial charge is 0.494 e. The number of hydrogen-bond donors (Lipinski definition) is 2. The Labute approximate surface area is 149 Å². The Morgan fingerprint density at radius 2 is 1.73 bits per heavy atom. The smallest absolute Gasteiger partial charge is 0.338 e. The number of halogens is 1. The van der Waals surface area contributed by atoms with Crippen molar-refractivity contribution in [2.45, 2.75) is 6.92 Å². The van der Waals surface area contributed by atoms with Gasteiger partial charge in [0.1, 0.15) is 11.6 Å². The van der Waals surface area contributed by atoms with Crippen LogP contribution in [0.2, 0.25) is 0 Å². The van der Waals surface area contributed by atoms with Crippen molar-refractivity contribution in [2.24, 2.45) is 0 Å². The quantitative estimate of drug-likeness (QED) is 0.773. The summed E-state index contributed by atoms with van der Waals surface area (Å²) in [6, 6.07) is 10.7. The number of amides is 3. The fraction of sp³-hybridized carbons (Fsp3) is 0.167. The Morgan fingerprint density at radius 1 is 1.04 bits per heavy atom. The first kappa shape index (κ1) is 18.9. The van der Waals surface area contributed by atoms with E-state index in [-0.39, 0.29) is 11.3 Å². The van der Waals surface area contributed by atoms with E-state index in [4.69, 9.17) is 9.47 Å². The van der Waals surface area contributed by atoms with E-state index in [0.717, 1.165) is 6.07 Å². The zero-order valence-corrected chi connectivity index (χ0v) is 14.0. The highest BCUT2D eigenvalue weighted by Crippen LogP contribution is 2.13. The minimum absolute atomic E-state index is 0.0795. The van der Waals surface area contributed by atoms with Crippen LogP contribution in [-0.2, 0) is 9.53 Å². The highest BCUT2D eigenvalue weighted by molar-refractivity contribution is 6.02. The molecule has 0 atom stereocenters. The lowest BCUT2D eigenvalue weighted by atomic mass is 10.2. The number of para-hydroxylation sites is 1. The molecule has 0 aliphatic rings. The molecule has 0 aliphatic heterocycles. The maximum absolute atomic E-state index is 13.4. The first-order valence-electron chi connectivity index (χ1n) is 7.75. The number of carbonyl (C=O) groups excluding carboxylic acids is 3. The van der Waals surface area contributed by atoms with Crippen LogP contribution in [0.1, 0.15) is 17.3 Å². The van der Waals surface area contributed by atoms with Crippen LogP contribution >= 0.6 is 0 Å². The van der Waals surface area contributed by atoms with Crippen LogP contribution < -0.4 is 15.4 Å². The fourth-order valence-corrected chi connectivity index (χ4v) is 1.95. The summed E-state index contributed by atoms with van der Waals surface area (Å²) in [6.45, 7) is 1.68. The Morgan fingerprint density at radius 3 is 2.38 bits per heavy atom. The third kappa shape index (κ3) is 5.59. The molecule has 2 aromatic rings. The Bertz CT molecular complexity index is 792. The van der Waals surface area contributed by atoms with Crippen molar-refractivity contribution in [3.8, 4) is 5.75 Å². The predicted molar refractivity (Wildman–Crippen MR) is 91.5 cm³/mol. The molecule has 0 fully saturated rings. The molecule has 8 heteroatoms.